The summed E-state index contributed by atoms with van der Waals surface area (Å²) >= 11 is 0. The van der Waals surface area contributed by atoms with Gasteiger partial charge in [0.15, 0.2) is 0 Å². The van der Waals surface area contributed by atoms with Gasteiger partial charge in [-0.3, -0.25) is 0 Å². The highest BCUT2D eigenvalue weighted by Gasteiger charge is 2.22. The SMILES string of the molecule is Cc1ccc2c(c1)c(C)c(C)n2C[C@@H](O)CN[C@@H]1CCCC[C@@H]1C. The Bertz CT molecular complexity index is 703. The van der Waals surface area contributed by atoms with E-state index in [1.807, 2.05) is 0 Å². The highest BCUT2D eigenvalue weighted by atomic mass is 16.3. The first-order chi connectivity index (χ1) is 11.5. The normalized spacial score (nSPS) is 22.9. The molecule has 0 bridgehead atoms. The lowest BCUT2D eigenvalue weighted by Crippen LogP contribution is -2.42. The van der Waals surface area contributed by atoms with Gasteiger partial charge in [0.05, 0.1) is 12.6 Å². The number of aromatic nitrogens is 1. The molecule has 1 heterocycles. The van der Waals surface area contributed by atoms with Crippen LogP contribution in [-0.4, -0.2) is 28.4 Å². The van der Waals surface area contributed by atoms with Crippen LogP contribution < -0.4 is 5.32 Å². The number of hydrogen-bond donors (Lipinski definition) is 2. The van der Waals surface area contributed by atoms with Crippen molar-refractivity contribution in [3.63, 3.8) is 0 Å². The van der Waals surface area contributed by atoms with Crippen molar-refractivity contribution >= 4 is 10.9 Å². The number of aryl methyl sites for hydroxylation is 2. The number of nitrogens with one attached hydrogen (secondary N) is 1. The Hall–Kier alpha value is -1.32. The van der Waals surface area contributed by atoms with Crippen molar-refractivity contribution in [2.45, 2.75) is 72.1 Å². The minimum Gasteiger partial charge on any atom is -0.390 e. The highest BCUT2D eigenvalue weighted by molar-refractivity contribution is 5.85. The molecule has 0 aliphatic heterocycles. The molecule has 3 rings (SSSR count). The van der Waals surface area contributed by atoms with Gasteiger partial charge in [0, 0.05) is 29.2 Å². The number of nitrogens with zero attached hydrogens (tertiary/aromatic N) is 1. The van der Waals surface area contributed by atoms with E-state index >= 15 is 0 Å². The monoisotopic (exact) mass is 328 g/mol. The Kier molecular flexibility index (Phi) is 5.31. The summed E-state index contributed by atoms with van der Waals surface area (Å²) in [5, 5.41) is 15.5. The molecule has 0 saturated heterocycles. The van der Waals surface area contributed by atoms with Gasteiger partial charge < -0.3 is 15.0 Å². The summed E-state index contributed by atoms with van der Waals surface area (Å²) in [6.45, 7) is 10.1. The predicted molar refractivity (Wildman–Crippen MR) is 102 cm³/mol. The molecule has 132 valence electrons. The molecular weight excluding hydrogens is 296 g/mol. The third-order valence-electron chi connectivity index (χ3n) is 5.91. The van der Waals surface area contributed by atoms with Gasteiger partial charge in [-0.15, -0.1) is 0 Å². The van der Waals surface area contributed by atoms with Crippen molar-refractivity contribution in [1.29, 1.82) is 0 Å². The lowest BCUT2D eigenvalue weighted by molar-refractivity contribution is 0.139. The molecule has 1 aliphatic rings. The van der Waals surface area contributed by atoms with Gasteiger partial charge in [-0.05, 0) is 57.2 Å². The second-order valence-electron chi connectivity index (χ2n) is 7.77. The molecule has 0 radical (unpaired) electrons. The van der Waals surface area contributed by atoms with E-state index in [0.29, 0.717) is 19.1 Å². The van der Waals surface area contributed by atoms with Gasteiger partial charge in [-0.2, -0.15) is 0 Å². The first kappa shape index (κ1) is 17.5. The second kappa shape index (κ2) is 7.28. The minimum atomic E-state index is -0.353. The summed E-state index contributed by atoms with van der Waals surface area (Å²) in [4.78, 5) is 0. The second-order valence-corrected chi connectivity index (χ2v) is 7.77. The fourth-order valence-electron chi connectivity index (χ4n) is 4.18. The van der Waals surface area contributed by atoms with Crippen molar-refractivity contribution in [2.75, 3.05) is 6.54 Å². The molecule has 0 spiro atoms. The predicted octanol–water partition coefficient (Wildman–Crippen LogP) is 4.10. The summed E-state index contributed by atoms with van der Waals surface area (Å²) in [6, 6.07) is 7.17. The minimum absolute atomic E-state index is 0.353. The number of fused-ring (bicyclic) bond motifs is 1. The molecule has 1 aliphatic carbocycles. The average Bonchev–Trinajstić information content (AvgIpc) is 2.79. The molecule has 0 unspecified atom stereocenters. The fourth-order valence-corrected chi connectivity index (χ4v) is 4.18. The van der Waals surface area contributed by atoms with E-state index in [-0.39, 0.29) is 6.10 Å². The van der Waals surface area contributed by atoms with Gasteiger partial charge in [-0.1, -0.05) is 31.4 Å². The molecule has 1 saturated carbocycles. The molecule has 3 atom stereocenters. The van der Waals surface area contributed by atoms with E-state index in [2.05, 4.69) is 55.8 Å². The molecule has 2 N–H and O–H groups in total. The van der Waals surface area contributed by atoms with Gasteiger partial charge in [-0.25, -0.2) is 0 Å². The molecule has 3 nitrogen and oxygen atoms in total. The Morgan fingerprint density at radius 2 is 1.96 bits per heavy atom. The zero-order valence-corrected chi connectivity index (χ0v) is 15.6. The van der Waals surface area contributed by atoms with Gasteiger partial charge >= 0.3 is 0 Å². The zero-order valence-electron chi connectivity index (χ0n) is 15.6. The molecule has 2 aromatic rings. The van der Waals surface area contributed by atoms with Crippen LogP contribution >= 0.6 is 0 Å². The maximum absolute atomic E-state index is 10.6. The Labute approximate surface area is 146 Å². The third-order valence-corrected chi connectivity index (χ3v) is 5.91. The number of hydrogen-bond acceptors (Lipinski definition) is 2. The molecule has 24 heavy (non-hydrogen) atoms. The van der Waals surface area contributed by atoms with Crippen LogP contribution in [0.4, 0.5) is 0 Å². The summed E-state index contributed by atoms with van der Waals surface area (Å²) in [5.41, 5.74) is 5.12. The summed E-state index contributed by atoms with van der Waals surface area (Å²) in [5.74, 6) is 0.727. The standard InChI is InChI=1S/C21H32N2O/c1-14-9-10-21-19(11-14)16(3)17(4)23(21)13-18(24)12-22-20-8-6-5-7-15(20)2/h9-11,15,18,20,22,24H,5-8,12-13H2,1-4H3/t15-,18-,20+/m0/s1. The van der Waals surface area contributed by atoms with Crippen molar-refractivity contribution in [3.8, 4) is 0 Å². The van der Waals surface area contributed by atoms with E-state index < -0.39 is 0 Å². The van der Waals surface area contributed by atoms with E-state index in [1.165, 1.54) is 53.4 Å². The van der Waals surface area contributed by atoms with Gasteiger partial charge in [0.25, 0.3) is 0 Å². The molecule has 3 heteroatoms. The fraction of sp³-hybridized carbons (Fsp3) is 0.619. The number of rotatable bonds is 5. The van der Waals surface area contributed by atoms with Crippen LogP contribution in [0.5, 0.6) is 0 Å². The number of aliphatic hydroxyl groups is 1. The molecular formula is C21H32N2O. The van der Waals surface area contributed by atoms with Crippen molar-refractivity contribution < 1.29 is 5.11 Å². The largest absolute Gasteiger partial charge is 0.390 e. The third kappa shape index (κ3) is 3.52. The average molecular weight is 329 g/mol. The van der Waals surface area contributed by atoms with Crippen LogP contribution in [0.2, 0.25) is 0 Å². The first-order valence-corrected chi connectivity index (χ1v) is 9.45. The van der Waals surface area contributed by atoms with Crippen LogP contribution in [0.25, 0.3) is 10.9 Å². The Morgan fingerprint density at radius 1 is 1.21 bits per heavy atom. The van der Waals surface area contributed by atoms with E-state index in [0.717, 1.165) is 5.92 Å². The van der Waals surface area contributed by atoms with Crippen molar-refractivity contribution in [1.82, 2.24) is 9.88 Å². The number of benzene rings is 1. The smallest absolute Gasteiger partial charge is 0.0843 e. The molecule has 1 aromatic heterocycles. The summed E-state index contributed by atoms with van der Waals surface area (Å²) in [6.07, 6.45) is 4.88. The van der Waals surface area contributed by atoms with Crippen LogP contribution in [-0.2, 0) is 6.54 Å². The molecule has 1 fully saturated rings. The molecule has 0 amide bonds. The molecule has 1 aromatic carbocycles. The van der Waals surface area contributed by atoms with Crippen LogP contribution in [0.15, 0.2) is 18.2 Å². The highest BCUT2D eigenvalue weighted by Crippen LogP contribution is 2.27. The maximum Gasteiger partial charge on any atom is 0.0843 e. The zero-order chi connectivity index (χ0) is 17.3. The maximum atomic E-state index is 10.6. The lowest BCUT2D eigenvalue weighted by atomic mass is 9.86. The lowest BCUT2D eigenvalue weighted by Gasteiger charge is -2.30. The van der Waals surface area contributed by atoms with Gasteiger partial charge in [0.1, 0.15) is 0 Å². The van der Waals surface area contributed by atoms with Gasteiger partial charge in [0.2, 0.25) is 0 Å². The van der Waals surface area contributed by atoms with Crippen molar-refractivity contribution in [2.24, 2.45) is 5.92 Å². The summed E-state index contributed by atoms with van der Waals surface area (Å²) in [7, 11) is 0. The quantitative estimate of drug-likeness (QED) is 0.867. The number of aliphatic hydroxyl groups excluding tert-OH is 1. The Balaban J connectivity index is 1.69. The van der Waals surface area contributed by atoms with Crippen LogP contribution in [0, 0.1) is 26.7 Å². The van der Waals surface area contributed by atoms with E-state index in [9.17, 15) is 5.11 Å². The van der Waals surface area contributed by atoms with E-state index in [1.54, 1.807) is 0 Å². The topological polar surface area (TPSA) is 37.2 Å². The van der Waals surface area contributed by atoms with E-state index in [4.69, 9.17) is 0 Å². The van der Waals surface area contributed by atoms with Crippen LogP contribution in [0.3, 0.4) is 0 Å². The summed E-state index contributed by atoms with van der Waals surface area (Å²) < 4.78 is 2.28. The van der Waals surface area contributed by atoms with Crippen molar-refractivity contribution in [3.05, 3.63) is 35.0 Å². The Morgan fingerprint density at radius 3 is 2.71 bits per heavy atom. The van der Waals surface area contributed by atoms with Crippen LogP contribution in [0.1, 0.15) is 49.4 Å². The first-order valence-electron chi connectivity index (χ1n) is 9.45.